The lowest BCUT2D eigenvalue weighted by Gasteiger charge is -2.13. The van der Waals surface area contributed by atoms with Crippen LogP contribution in [0.3, 0.4) is 0 Å². The van der Waals surface area contributed by atoms with Crippen LogP contribution < -0.4 is 0 Å². The highest BCUT2D eigenvalue weighted by Crippen LogP contribution is 2.36. The molecule has 0 saturated carbocycles. The van der Waals surface area contributed by atoms with Gasteiger partial charge in [-0.15, -0.1) is 0 Å². The molecule has 0 aliphatic carbocycles. The lowest BCUT2D eigenvalue weighted by molar-refractivity contribution is 1.12. The van der Waals surface area contributed by atoms with Crippen molar-refractivity contribution in [1.29, 1.82) is 0 Å². The summed E-state index contributed by atoms with van der Waals surface area (Å²) in [7, 11) is 0. The van der Waals surface area contributed by atoms with Gasteiger partial charge >= 0.3 is 0 Å². The van der Waals surface area contributed by atoms with E-state index in [1.165, 1.54) is 32.7 Å². The molecule has 4 rings (SSSR count). The molecule has 4 aromatic rings. The number of rotatable bonds is 0. The molecular formula is C17H14N2. The van der Waals surface area contributed by atoms with Crippen molar-refractivity contribution in [2.45, 2.75) is 20.8 Å². The van der Waals surface area contributed by atoms with E-state index in [4.69, 9.17) is 0 Å². The molecule has 0 saturated heterocycles. The fourth-order valence-corrected chi connectivity index (χ4v) is 3.16. The lowest BCUT2D eigenvalue weighted by Crippen LogP contribution is -1.94. The fourth-order valence-electron chi connectivity index (χ4n) is 3.16. The van der Waals surface area contributed by atoms with E-state index in [1.54, 1.807) is 0 Å². The van der Waals surface area contributed by atoms with E-state index < -0.39 is 0 Å². The Hall–Kier alpha value is -2.22. The highest BCUT2D eigenvalue weighted by molar-refractivity contribution is 6.22. The summed E-state index contributed by atoms with van der Waals surface area (Å²) >= 11 is 0. The van der Waals surface area contributed by atoms with Gasteiger partial charge in [0.2, 0.25) is 0 Å². The van der Waals surface area contributed by atoms with Crippen molar-refractivity contribution < 1.29 is 0 Å². The molecule has 19 heavy (non-hydrogen) atoms. The summed E-state index contributed by atoms with van der Waals surface area (Å²) < 4.78 is 0. The summed E-state index contributed by atoms with van der Waals surface area (Å²) in [5.74, 6) is 0.833. The van der Waals surface area contributed by atoms with E-state index in [0.29, 0.717) is 0 Å². The van der Waals surface area contributed by atoms with Gasteiger partial charge < -0.3 is 0 Å². The molecule has 0 N–H and O–H groups in total. The quantitative estimate of drug-likeness (QED) is 0.432. The van der Waals surface area contributed by atoms with Crippen molar-refractivity contribution in [1.82, 2.24) is 9.97 Å². The van der Waals surface area contributed by atoms with Crippen molar-refractivity contribution >= 4 is 32.6 Å². The first-order valence-electron chi connectivity index (χ1n) is 6.54. The Balaban J connectivity index is 2.44. The predicted molar refractivity (Wildman–Crippen MR) is 79.9 cm³/mol. The standard InChI is InChI=1S/C17H14N2/c1-9-8-10(2)13-5-7-15-17-14(18-11(3)19-15)6-4-12(9)16(13)17/h4-8H,1-3H3. The van der Waals surface area contributed by atoms with Crippen LogP contribution >= 0.6 is 0 Å². The predicted octanol–water partition coefficient (Wildman–Crippen LogP) is 4.30. The molecule has 0 aliphatic heterocycles. The molecule has 0 radical (unpaired) electrons. The molecule has 0 unspecified atom stereocenters. The number of aryl methyl sites for hydroxylation is 3. The molecule has 0 spiro atoms. The Morgan fingerprint density at radius 1 is 0.684 bits per heavy atom. The second-order valence-corrected chi connectivity index (χ2v) is 5.30. The minimum Gasteiger partial charge on any atom is -0.233 e. The van der Waals surface area contributed by atoms with Gasteiger partial charge in [0.05, 0.1) is 11.0 Å². The summed E-state index contributed by atoms with van der Waals surface area (Å²) in [6.07, 6.45) is 0. The Bertz CT molecular complexity index is 869. The summed E-state index contributed by atoms with van der Waals surface area (Å²) in [5, 5.41) is 5.14. The number of nitrogens with zero attached hydrogens (tertiary/aromatic N) is 2. The summed E-state index contributed by atoms with van der Waals surface area (Å²) in [6.45, 7) is 6.29. The van der Waals surface area contributed by atoms with Gasteiger partial charge in [-0.25, -0.2) is 9.97 Å². The molecule has 0 atom stereocenters. The van der Waals surface area contributed by atoms with E-state index in [9.17, 15) is 0 Å². The first-order chi connectivity index (χ1) is 9.15. The zero-order valence-electron chi connectivity index (χ0n) is 11.3. The Kier molecular flexibility index (Phi) is 1.92. The Morgan fingerprint density at radius 2 is 1.21 bits per heavy atom. The lowest BCUT2D eigenvalue weighted by atomic mass is 9.93. The van der Waals surface area contributed by atoms with Crippen LogP contribution in [0, 0.1) is 20.8 Å². The van der Waals surface area contributed by atoms with Gasteiger partial charge in [0, 0.05) is 10.8 Å². The fraction of sp³-hybridized carbons (Fsp3) is 0.176. The van der Waals surface area contributed by atoms with Crippen LogP contribution in [0.5, 0.6) is 0 Å². The zero-order valence-corrected chi connectivity index (χ0v) is 11.3. The average molecular weight is 246 g/mol. The number of hydrogen-bond acceptors (Lipinski definition) is 2. The molecular weight excluding hydrogens is 232 g/mol. The van der Waals surface area contributed by atoms with Crippen molar-refractivity contribution in [3.05, 3.63) is 47.3 Å². The topological polar surface area (TPSA) is 25.8 Å². The second-order valence-electron chi connectivity index (χ2n) is 5.30. The van der Waals surface area contributed by atoms with Gasteiger partial charge in [0.1, 0.15) is 5.82 Å². The van der Waals surface area contributed by atoms with E-state index in [2.05, 4.69) is 54.1 Å². The maximum Gasteiger partial charge on any atom is 0.126 e. The van der Waals surface area contributed by atoms with Crippen molar-refractivity contribution in [2.24, 2.45) is 0 Å². The maximum atomic E-state index is 4.58. The normalized spacial score (nSPS) is 11.9. The summed E-state index contributed by atoms with van der Waals surface area (Å²) in [4.78, 5) is 9.15. The van der Waals surface area contributed by atoms with E-state index in [0.717, 1.165) is 16.9 Å². The highest BCUT2D eigenvalue weighted by atomic mass is 14.9. The number of aromatic nitrogens is 2. The summed E-state index contributed by atoms with van der Waals surface area (Å²) in [5.41, 5.74) is 4.73. The van der Waals surface area contributed by atoms with Crippen LogP contribution in [0.25, 0.3) is 32.6 Å². The third-order valence-corrected chi connectivity index (χ3v) is 3.96. The van der Waals surface area contributed by atoms with Gasteiger partial charge in [-0.05, 0) is 54.8 Å². The van der Waals surface area contributed by atoms with Gasteiger partial charge in [-0.1, -0.05) is 18.2 Å². The van der Waals surface area contributed by atoms with Crippen LogP contribution in [-0.2, 0) is 0 Å². The monoisotopic (exact) mass is 246 g/mol. The van der Waals surface area contributed by atoms with Crippen molar-refractivity contribution in [3.63, 3.8) is 0 Å². The van der Waals surface area contributed by atoms with E-state index in [-0.39, 0.29) is 0 Å². The van der Waals surface area contributed by atoms with Gasteiger partial charge in [0.15, 0.2) is 0 Å². The number of hydrogen-bond donors (Lipinski definition) is 0. The molecule has 1 heterocycles. The number of benzene rings is 3. The van der Waals surface area contributed by atoms with Crippen molar-refractivity contribution in [2.75, 3.05) is 0 Å². The summed E-state index contributed by atoms with van der Waals surface area (Å²) in [6, 6.07) is 10.9. The second kappa shape index (κ2) is 3.41. The molecule has 3 aromatic carbocycles. The molecule has 0 amide bonds. The van der Waals surface area contributed by atoms with Crippen LogP contribution in [0.15, 0.2) is 30.3 Å². The molecule has 1 aromatic heterocycles. The average Bonchev–Trinajstić information content (AvgIpc) is 2.37. The first-order valence-corrected chi connectivity index (χ1v) is 6.54. The van der Waals surface area contributed by atoms with Crippen LogP contribution in [-0.4, -0.2) is 9.97 Å². The minimum absolute atomic E-state index is 0.833. The van der Waals surface area contributed by atoms with E-state index in [1.807, 2.05) is 6.92 Å². The smallest absolute Gasteiger partial charge is 0.126 e. The third kappa shape index (κ3) is 1.31. The van der Waals surface area contributed by atoms with Crippen LogP contribution in [0.4, 0.5) is 0 Å². The molecule has 0 aliphatic rings. The van der Waals surface area contributed by atoms with Crippen LogP contribution in [0.1, 0.15) is 17.0 Å². The molecule has 0 fully saturated rings. The maximum absolute atomic E-state index is 4.58. The molecule has 2 nitrogen and oxygen atoms in total. The van der Waals surface area contributed by atoms with Gasteiger partial charge in [-0.3, -0.25) is 0 Å². The Labute approximate surface area is 111 Å². The SMILES string of the molecule is Cc1nc2ccc3c(C)cc(C)c4ccc(n1)c2c34. The third-order valence-electron chi connectivity index (χ3n) is 3.96. The first kappa shape index (κ1) is 10.7. The van der Waals surface area contributed by atoms with E-state index >= 15 is 0 Å². The highest BCUT2D eigenvalue weighted by Gasteiger charge is 2.12. The van der Waals surface area contributed by atoms with Crippen molar-refractivity contribution in [3.8, 4) is 0 Å². The zero-order chi connectivity index (χ0) is 13.1. The van der Waals surface area contributed by atoms with Crippen LogP contribution in [0.2, 0.25) is 0 Å². The minimum atomic E-state index is 0.833. The molecule has 92 valence electrons. The Morgan fingerprint density at radius 3 is 1.74 bits per heavy atom. The van der Waals surface area contributed by atoms with Gasteiger partial charge in [0.25, 0.3) is 0 Å². The van der Waals surface area contributed by atoms with Gasteiger partial charge in [-0.2, -0.15) is 0 Å². The molecule has 2 heteroatoms. The molecule has 0 bridgehead atoms. The largest absolute Gasteiger partial charge is 0.233 e.